The number of thiophene rings is 1. The minimum atomic E-state index is -0.571. The van der Waals surface area contributed by atoms with Gasteiger partial charge in [0.2, 0.25) is 0 Å². The number of nitro groups is 1. The number of hydrogen-bond donors (Lipinski definition) is 1. The molecule has 3 rings (SSSR count). The van der Waals surface area contributed by atoms with E-state index in [1.165, 1.54) is 23.5 Å². The Morgan fingerprint density at radius 2 is 2.31 bits per heavy atom. The number of carbonyl (C=O) groups is 1. The number of amides is 1. The lowest BCUT2D eigenvalue weighted by molar-refractivity contribution is -0.384. The molecular formula is C18H16ClN3O3S. The van der Waals surface area contributed by atoms with Crippen LogP contribution in [0.15, 0.2) is 18.2 Å². The van der Waals surface area contributed by atoms with Crippen LogP contribution in [-0.4, -0.2) is 10.8 Å². The van der Waals surface area contributed by atoms with Gasteiger partial charge in [0, 0.05) is 17.0 Å². The minimum Gasteiger partial charge on any atom is -0.312 e. The summed E-state index contributed by atoms with van der Waals surface area (Å²) in [6.07, 6.45) is 3.93. The zero-order chi connectivity index (χ0) is 18.8. The van der Waals surface area contributed by atoms with Crippen LogP contribution in [0.1, 0.15) is 46.1 Å². The quantitative estimate of drug-likeness (QED) is 0.591. The number of non-ortho nitro benzene ring substituents is 1. The van der Waals surface area contributed by atoms with Crippen molar-refractivity contribution < 1.29 is 9.72 Å². The summed E-state index contributed by atoms with van der Waals surface area (Å²) in [4.78, 5) is 23.9. The largest absolute Gasteiger partial charge is 0.312 e. The van der Waals surface area contributed by atoms with Crippen molar-refractivity contribution in [1.82, 2.24) is 0 Å². The Balaban J connectivity index is 1.88. The van der Waals surface area contributed by atoms with Crippen LogP contribution >= 0.6 is 22.9 Å². The van der Waals surface area contributed by atoms with Crippen LogP contribution in [0.5, 0.6) is 0 Å². The number of nitrogens with one attached hydrogen (secondary N) is 1. The van der Waals surface area contributed by atoms with Gasteiger partial charge < -0.3 is 5.32 Å². The second kappa shape index (κ2) is 7.44. The van der Waals surface area contributed by atoms with Gasteiger partial charge in [-0.2, -0.15) is 5.26 Å². The highest BCUT2D eigenvalue weighted by molar-refractivity contribution is 7.16. The summed E-state index contributed by atoms with van der Waals surface area (Å²) < 4.78 is 0. The first-order valence-electron chi connectivity index (χ1n) is 8.24. The van der Waals surface area contributed by atoms with Gasteiger partial charge >= 0.3 is 0 Å². The monoisotopic (exact) mass is 389 g/mol. The summed E-state index contributed by atoms with van der Waals surface area (Å²) in [6.45, 7) is 2.16. The van der Waals surface area contributed by atoms with Crippen LogP contribution in [0.4, 0.5) is 10.7 Å². The zero-order valence-corrected chi connectivity index (χ0v) is 15.6. The third-order valence-corrected chi connectivity index (χ3v) is 6.17. The van der Waals surface area contributed by atoms with E-state index < -0.39 is 10.8 Å². The Kier molecular flexibility index (Phi) is 5.25. The Hall–Kier alpha value is -2.43. The van der Waals surface area contributed by atoms with Crippen LogP contribution in [0.2, 0.25) is 5.02 Å². The molecule has 1 heterocycles. The molecule has 1 amide bonds. The van der Waals surface area contributed by atoms with E-state index in [-0.39, 0.29) is 16.3 Å². The number of rotatable bonds is 4. The normalized spacial score (nSPS) is 15.8. The van der Waals surface area contributed by atoms with E-state index in [1.807, 2.05) is 0 Å². The highest BCUT2D eigenvalue weighted by Crippen LogP contribution is 2.40. The first-order chi connectivity index (χ1) is 12.4. The first kappa shape index (κ1) is 18.4. The molecule has 0 saturated heterocycles. The summed E-state index contributed by atoms with van der Waals surface area (Å²) in [5, 5.41) is 23.6. The first-order valence-corrected chi connectivity index (χ1v) is 9.44. The van der Waals surface area contributed by atoms with Gasteiger partial charge in [-0.1, -0.05) is 24.9 Å². The number of nitrogens with zero attached hydrogens (tertiary/aromatic N) is 2. The van der Waals surface area contributed by atoms with Gasteiger partial charge in [0.1, 0.15) is 11.1 Å². The lowest BCUT2D eigenvalue weighted by Gasteiger charge is -2.20. The Morgan fingerprint density at radius 3 is 2.92 bits per heavy atom. The van der Waals surface area contributed by atoms with E-state index in [4.69, 9.17) is 11.6 Å². The topological polar surface area (TPSA) is 96.0 Å². The van der Waals surface area contributed by atoms with Gasteiger partial charge in [-0.25, -0.2) is 0 Å². The van der Waals surface area contributed by atoms with E-state index in [9.17, 15) is 20.2 Å². The van der Waals surface area contributed by atoms with E-state index in [0.29, 0.717) is 16.5 Å². The maximum atomic E-state index is 12.5. The van der Waals surface area contributed by atoms with E-state index in [0.717, 1.165) is 42.2 Å². The fourth-order valence-corrected chi connectivity index (χ4v) is 4.75. The second-order valence-electron chi connectivity index (χ2n) is 6.21. The number of nitriles is 1. The van der Waals surface area contributed by atoms with Crippen LogP contribution in [0, 0.1) is 27.4 Å². The predicted octanol–water partition coefficient (Wildman–Crippen LogP) is 4.95. The molecule has 0 unspecified atom stereocenters. The third-order valence-electron chi connectivity index (χ3n) is 4.69. The average molecular weight is 390 g/mol. The molecule has 1 N–H and O–H groups in total. The van der Waals surface area contributed by atoms with Gasteiger partial charge in [-0.15, -0.1) is 11.3 Å². The fourth-order valence-electron chi connectivity index (χ4n) is 3.18. The Labute approximate surface area is 159 Å². The van der Waals surface area contributed by atoms with E-state index >= 15 is 0 Å². The molecular weight excluding hydrogens is 374 g/mol. The van der Waals surface area contributed by atoms with Crippen LogP contribution < -0.4 is 5.32 Å². The predicted molar refractivity (Wildman–Crippen MR) is 101 cm³/mol. The number of hydrogen-bond acceptors (Lipinski definition) is 5. The molecule has 134 valence electrons. The van der Waals surface area contributed by atoms with Crippen LogP contribution in [0.25, 0.3) is 0 Å². The van der Waals surface area contributed by atoms with Crippen molar-refractivity contribution in [1.29, 1.82) is 5.26 Å². The number of nitro benzene ring substituents is 1. The molecule has 1 aliphatic rings. The molecule has 6 nitrogen and oxygen atoms in total. The Bertz CT molecular complexity index is 932. The summed E-state index contributed by atoms with van der Waals surface area (Å²) in [5.41, 5.74) is 1.51. The van der Waals surface area contributed by atoms with Crippen LogP contribution in [-0.2, 0) is 12.8 Å². The molecule has 0 fully saturated rings. The number of halogens is 1. The lowest BCUT2D eigenvalue weighted by Crippen LogP contribution is -2.13. The fraction of sp³-hybridized carbons (Fsp3) is 0.333. The molecule has 0 saturated carbocycles. The number of carbonyl (C=O) groups excluding carboxylic acids is 1. The maximum absolute atomic E-state index is 12.5. The van der Waals surface area contributed by atoms with Gasteiger partial charge in [0.15, 0.2) is 0 Å². The standard InChI is InChI=1S/C18H16ClN3O3S/c1-2-10-3-5-12-14(9-20)18(26-16(12)7-10)21-17(23)13-6-4-11(22(24)25)8-15(13)19/h4,6,8,10H,2-3,5,7H2,1H3,(H,21,23)/t10-/m0/s1. The molecule has 0 bridgehead atoms. The van der Waals surface area contributed by atoms with Gasteiger partial charge in [-0.3, -0.25) is 14.9 Å². The summed E-state index contributed by atoms with van der Waals surface area (Å²) >= 11 is 7.46. The van der Waals surface area contributed by atoms with Crippen LogP contribution in [0.3, 0.4) is 0 Å². The molecule has 1 aromatic heterocycles. The molecule has 0 aliphatic heterocycles. The SMILES string of the molecule is CC[C@H]1CCc2c(sc(NC(=O)c3ccc([N+](=O)[O-])cc3Cl)c2C#N)C1. The highest BCUT2D eigenvalue weighted by atomic mass is 35.5. The Morgan fingerprint density at radius 1 is 1.54 bits per heavy atom. The van der Waals surface area contributed by atoms with Gasteiger partial charge in [-0.05, 0) is 36.8 Å². The van der Waals surface area contributed by atoms with E-state index in [1.54, 1.807) is 0 Å². The zero-order valence-electron chi connectivity index (χ0n) is 14.0. The van der Waals surface area contributed by atoms with E-state index in [2.05, 4.69) is 18.3 Å². The van der Waals surface area contributed by atoms with Crippen molar-refractivity contribution in [3.05, 3.63) is 54.9 Å². The summed E-state index contributed by atoms with van der Waals surface area (Å²) in [5.74, 6) is 0.132. The van der Waals surface area contributed by atoms with Crippen molar-refractivity contribution in [2.45, 2.75) is 32.6 Å². The number of fused-ring (bicyclic) bond motifs is 1. The molecule has 1 atom stereocenters. The van der Waals surface area contributed by atoms with Crippen molar-refractivity contribution in [3.63, 3.8) is 0 Å². The van der Waals surface area contributed by atoms with Crippen molar-refractivity contribution in [2.75, 3.05) is 5.32 Å². The summed E-state index contributed by atoms with van der Waals surface area (Å²) in [6, 6.07) is 5.91. The molecule has 0 spiro atoms. The lowest BCUT2D eigenvalue weighted by atomic mass is 9.86. The highest BCUT2D eigenvalue weighted by Gasteiger charge is 2.26. The molecule has 1 aliphatic carbocycles. The maximum Gasteiger partial charge on any atom is 0.270 e. The third kappa shape index (κ3) is 3.43. The number of anilines is 1. The van der Waals surface area contributed by atoms with Gasteiger partial charge in [0.25, 0.3) is 11.6 Å². The summed E-state index contributed by atoms with van der Waals surface area (Å²) in [7, 11) is 0. The van der Waals surface area contributed by atoms with Crippen molar-refractivity contribution in [2.24, 2.45) is 5.92 Å². The minimum absolute atomic E-state index is 0.00238. The molecule has 1 aromatic carbocycles. The molecule has 0 radical (unpaired) electrons. The molecule has 8 heteroatoms. The average Bonchev–Trinajstić information content (AvgIpc) is 2.97. The van der Waals surface area contributed by atoms with Crippen molar-refractivity contribution >= 4 is 39.5 Å². The second-order valence-corrected chi connectivity index (χ2v) is 7.72. The molecule has 26 heavy (non-hydrogen) atoms. The van der Waals surface area contributed by atoms with Crippen molar-refractivity contribution in [3.8, 4) is 6.07 Å². The van der Waals surface area contributed by atoms with Gasteiger partial charge in [0.05, 0.1) is 21.1 Å². The number of benzene rings is 1. The molecule has 2 aromatic rings. The smallest absolute Gasteiger partial charge is 0.270 e.